The molecule has 0 bridgehead atoms. The van der Waals surface area contributed by atoms with Gasteiger partial charge in [0, 0.05) is 10.5 Å². The quantitative estimate of drug-likeness (QED) is 0.868. The fourth-order valence-corrected chi connectivity index (χ4v) is 3.00. The molecule has 0 saturated carbocycles. The van der Waals surface area contributed by atoms with E-state index in [9.17, 15) is 0 Å². The van der Waals surface area contributed by atoms with E-state index in [4.69, 9.17) is 10.2 Å². The zero-order chi connectivity index (χ0) is 14.5. The van der Waals surface area contributed by atoms with Crippen LogP contribution in [0.25, 0.3) is 0 Å². The van der Waals surface area contributed by atoms with Gasteiger partial charge in [-0.1, -0.05) is 41.1 Å². The maximum absolute atomic E-state index is 6.35. The predicted molar refractivity (Wildman–Crippen MR) is 85.3 cm³/mol. The maximum Gasteiger partial charge on any atom is 0.117 e. The molecular formula is C16H21BrN2O. The molecule has 4 heteroatoms. The highest BCUT2D eigenvalue weighted by Crippen LogP contribution is 2.31. The summed E-state index contributed by atoms with van der Waals surface area (Å²) in [6.45, 7) is 2.86. The van der Waals surface area contributed by atoms with Crippen molar-refractivity contribution >= 4 is 15.9 Å². The number of likely N-dealkylation sites (N-methyl/N-ethyl adjacent to an activating group) is 1. The summed E-state index contributed by atoms with van der Waals surface area (Å²) in [7, 11) is 2.09. The Kier molecular flexibility index (Phi) is 5.40. The van der Waals surface area contributed by atoms with Crippen molar-refractivity contribution in [2.24, 2.45) is 5.73 Å². The molecule has 2 N–H and O–H groups in total. The molecule has 2 unspecified atom stereocenters. The van der Waals surface area contributed by atoms with Gasteiger partial charge in [-0.3, -0.25) is 4.90 Å². The Labute approximate surface area is 128 Å². The van der Waals surface area contributed by atoms with Crippen LogP contribution in [-0.4, -0.2) is 18.0 Å². The van der Waals surface area contributed by atoms with Gasteiger partial charge in [0.05, 0.1) is 18.8 Å². The van der Waals surface area contributed by atoms with E-state index in [0.717, 1.165) is 23.2 Å². The van der Waals surface area contributed by atoms with Crippen LogP contribution in [-0.2, 0) is 6.54 Å². The Bertz CT molecular complexity index is 527. The zero-order valence-corrected chi connectivity index (χ0v) is 13.5. The molecule has 0 saturated heterocycles. The van der Waals surface area contributed by atoms with Crippen LogP contribution >= 0.6 is 15.9 Å². The van der Waals surface area contributed by atoms with Gasteiger partial charge in [-0.25, -0.2) is 0 Å². The summed E-state index contributed by atoms with van der Waals surface area (Å²) in [6.07, 6.45) is 2.63. The number of rotatable bonds is 6. The third kappa shape index (κ3) is 3.51. The SMILES string of the molecule is CCC(N)C(c1ccccc1Br)N(C)Cc1ccco1. The molecule has 20 heavy (non-hydrogen) atoms. The number of nitrogens with two attached hydrogens (primary N) is 1. The number of hydrogen-bond donors (Lipinski definition) is 1. The van der Waals surface area contributed by atoms with Crippen molar-refractivity contribution < 1.29 is 4.42 Å². The van der Waals surface area contributed by atoms with E-state index < -0.39 is 0 Å². The fraction of sp³-hybridized carbons (Fsp3) is 0.375. The Balaban J connectivity index is 2.25. The van der Waals surface area contributed by atoms with Crippen molar-refractivity contribution in [2.75, 3.05) is 7.05 Å². The van der Waals surface area contributed by atoms with Crippen LogP contribution in [0.15, 0.2) is 51.6 Å². The van der Waals surface area contributed by atoms with Crippen LogP contribution in [0.1, 0.15) is 30.7 Å². The lowest BCUT2D eigenvalue weighted by Gasteiger charge is -2.33. The molecule has 0 fully saturated rings. The molecule has 2 atom stereocenters. The van der Waals surface area contributed by atoms with Crippen molar-refractivity contribution in [1.29, 1.82) is 0 Å². The largest absolute Gasteiger partial charge is 0.468 e. The van der Waals surface area contributed by atoms with Crippen LogP contribution in [0.2, 0.25) is 0 Å². The number of hydrogen-bond acceptors (Lipinski definition) is 3. The second kappa shape index (κ2) is 7.07. The van der Waals surface area contributed by atoms with Gasteiger partial charge in [0.15, 0.2) is 0 Å². The van der Waals surface area contributed by atoms with Gasteiger partial charge < -0.3 is 10.2 Å². The van der Waals surface area contributed by atoms with Crippen molar-refractivity contribution in [3.8, 4) is 0 Å². The number of benzene rings is 1. The molecule has 0 spiro atoms. The van der Waals surface area contributed by atoms with E-state index in [1.54, 1.807) is 6.26 Å². The summed E-state index contributed by atoms with van der Waals surface area (Å²) in [5.74, 6) is 0.952. The average molecular weight is 337 g/mol. The minimum atomic E-state index is 0.0775. The van der Waals surface area contributed by atoms with Crippen molar-refractivity contribution in [1.82, 2.24) is 4.90 Å². The first-order valence-corrected chi connectivity index (χ1v) is 7.65. The molecular weight excluding hydrogens is 316 g/mol. The first-order chi connectivity index (χ1) is 9.63. The van der Waals surface area contributed by atoms with E-state index >= 15 is 0 Å². The van der Waals surface area contributed by atoms with Gasteiger partial charge in [0.2, 0.25) is 0 Å². The van der Waals surface area contributed by atoms with Gasteiger partial charge in [-0.2, -0.15) is 0 Å². The molecule has 3 nitrogen and oxygen atoms in total. The smallest absolute Gasteiger partial charge is 0.117 e. The lowest BCUT2D eigenvalue weighted by molar-refractivity contribution is 0.187. The monoisotopic (exact) mass is 336 g/mol. The van der Waals surface area contributed by atoms with Crippen LogP contribution < -0.4 is 5.73 Å². The third-order valence-electron chi connectivity index (χ3n) is 3.56. The molecule has 0 aliphatic rings. The summed E-state index contributed by atoms with van der Waals surface area (Å²) in [4.78, 5) is 2.24. The van der Waals surface area contributed by atoms with Crippen LogP contribution in [0.4, 0.5) is 0 Å². The normalized spacial score (nSPS) is 14.4. The molecule has 0 aliphatic carbocycles. The Morgan fingerprint density at radius 3 is 2.60 bits per heavy atom. The van der Waals surface area contributed by atoms with Gasteiger partial charge in [0.25, 0.3) is 0 Å². The fourth-order valence-electron chi connectivity index (χ4n) is 2.48. The second-order valence-corrected chi connectivity index (χ2v) is 5.89. The van der Waals surface area contributed by atoms with E-state index in [2.05, 4.69) is 53.0 Å². The number of nitrogens with zero attached hydrogens (tertiary/aromatic N) is 1. The standard InChI is InChI=1S/C16H21BrN2O/c1-3-15(18)16(13-8-4-5-9-14(13)17)19(2)11-12-7-6-10-20-12/h4-10,15-16H,3,11,18H2,1-2H3. The Morgan fingerprint density at radius 1 is 1.25 bits per heavy atom. The van der Waals surface area contributed by atoms with Crippen LogP contribution in [0.3, 0.4) is 0 Å². The highest BCUT2D eigenvalue weighted by molar-refractivity contribution is 9.10. The molecule has 2 aromatic rings. The highest BCUT2D eigenvalue weighted by Gasteiger charge is 2.25. The topological polar surface area (TPSA) is 42.4 Å². The van der Waals surface area contributed by atoms with Crippen molar-refractivity contribution in [3.63, 3.8) is 0 Å². The second-order valence-electron chi connectivity index (χ2n) is 5.03. The van der Waals surface area contributed by atoms with Crippen molar-refractivity contribution in [2.45, 2.75) is 32.0 Å². The molecule has 1 aromatic heterocycles. The zero-order valence-electron chi connectivity index (χ0n) is 11.9. The Morgan fingerprint density at radius 2 is 2.00 bits per heavy atom. The van der Waals surface area contributed by atoms with Gasteiger partial charge >= 0.3 is 0 Å². The minimum absolute atomic E-state index is 0.0775. The van der Waals surface area contributed by atoms with E-state index in [-0.39, 0.29) is 12.1 Å². The average Bonchev–Trinajstić information content (AvgIpc) is 2.93. The van der Waals surface area contributed by atoms with Gasteiger partial charge in [-0.15, -0.1) is 0 Å². The number of halogens is 1. The molecule has 0 radical (unpaired) electrons. The first-order valence-electron chi connectivity index (χ1n) is 6.86. The number of furan rings is 1. The molecule has 1 aromatic carbocycles. The lowest BCUT2D eigenvalue weighted by atomic mass is 9.96. The highest BCUT2D eigenvalue weighted by atomic mass is 79.9. The summed E-state index contributed by atoms with van der Waals surface area (Å²) < 4.78 is 6.54. The van der Waals surface area contributed by atoms with Crippen LogP contribution in [0.5, 0.6) is 0 Å². The molecule has 0 aliphatic heterocycles. The van der Waals surface area contributed by atoms with E-state index in [0.29, 0.717) is 0 Å². The minimum Gasteiger partial charge on any atom is -0.468 e. The summed E-state index contributed by atoms with van der Waals surface area (Å²) >= 11 is 3.63. The van der Waals surface area contributed by atoms with Gasteiger partial charge in [0.1, 0.15) is 5.76 Å². The summed E-state index contributed by atoms with van der Waals surface area (Å²) in [5.41, 5.74) is 7.57. The van der Waals surface area contributed by atoms with Gasteiger partial charge in [-0.05, 0) is 37.2 Å². The summed E-state index contributed by atoms with van der Waals surface area (Å²) in [6, 6.07) is 12.4. The molecule has 0 amide bonds. The molecule has 1 heterocycles. The van der Waals surface area contributed by atoms with E-state index in [1.807, 2.05) is 18.2 Å². The maximum atomic E-state index is 6.35. The molecule has 2 rings (SSSR count). The third-order valence-corrected chi connectivity index (χ3v) is 4.28. The first kappa shape index (κ1) is 15.3. The van der Waals surface area contributed by atoms with E-state index in [1.165, 1.54) is 5.56 Å². The van der Waals surface area contributed by atoms with Crippen LogP contribution in [0, 0.1) is 0 Å². The molecule has 108 valence electrons. The Hall–Kier alpha value is -1.10. The van der Waals surface area contributed by atoms with Crippen molar-refractivity contribution in [3.05, 3.63) is 58.5 Å². The predicted octanol–water partition coefficient (Wildman–Crippen LogP) is 3.95. The lowest BCUT2D eigenvalue weighted by Crippen LogP contribution is -2.38. The summed E-state index contributed by atoms with van der Waals surface area (Å²) in [5, 5.41) is 0.